The molecule has 2 aliphatic rings. The minimum absolute atomic E-state index is 0.0431. The second-order valence-corrected chi connectivity index (χ2v) is 6.56. The van der Waals surface area contributed by atoms with Gasteiger partial charge in [-0.1, -0.05) is 6.07 Å². The molecule has 2 saturated carbocycles. The molecule has 0 aliphatic heterocycles. The van der Waals surface area contributed by atoms with E-state index in [9.17, 15) is 9.18 Å². The molecule has 2 aliphatic carbocycles. The third-order valence-electron chi connectivity index (χ3n) is 4.57. The summed E-state index contributed by atoms with van der Waals surface area (Å²) in [6, 6.07) is 10.4. The Labute approximate surface area is 134 Å². The number of rotatable bonds is 5. The van der Waals surface area contributed by atoms with Gasteiger partial charge in [-0.25, -0.2) is 9.18 Å². The number of carbonyl (C=O) groups is 1. The van der Waals surface area contributed by atoms with Gasteiger partial charge in [0.05, 0.1) is 11.3 Å². The van der Waals surface area contributed by atoms with Crippen LogP contribution in [0.15, 0.2) is 36.4 Å². The molecule has 4 heteroatoms. The second kappa shape index (κ2) is 5.37. The monoisotopic (exact) mass is 311 g/mol. The van der Waals surface area contributed by atoms with E-state index < -0.39 is 11.8 Å². The van der Waals surface area contributed by atoms with Gasteiger partial charge in [0.2, 0.25) is 0 Å². The van der Waals surface area contributed by atoms with E-state index in [2.05, 4.69) is 23.5 Å². The molecular weight excluding hydrogens is 293 g/mol. The molecule has 0 spiro atoms. The van der Waals surface area contributed by atoms with Crippen LogP contribution in [0.4, 0.5) is 15.8 Å². The molecule has 2 N–H and O–H groups in total. The van der Waals surface area contributed by atoms with Crippen molar-refractivity contribution in [3.63, 3.8) is 0 Å². The molecule has 2 aromatic rings. The van der Waals surface area contributed by atoms with Gasteiger partial charge in [-0.05, 0) is 79.0 Å². The lowest BCUT2D eigenvalue weighted by molar-refractivity contribution is 0.0696. The van der Waals surface area contributed by atoms with E-state index in [1.165, 1.54) is 48.9 Å². The van der Waals surface area contributed by atoms with Crippen LogP contribution < -0.4 is 5.32 Å². The number of carboxylic acids is 1. The summed E-state index contributed by atoms with van der Waals surface area (Å²) in [4.78, 5) is 10.9. The van der Waals surface area contributed by atoms with Crippen LogP contribution in [0.25, 0.3) is 0 Å². The molecule has 2 fully saturated rings. The Kier molecular flexibility index (Phi) is 3.33. The predicted molar refractivity (Wildman–Crippen MR) is 87.0 cm³/mol. The number of nitrogens with one attached hydrogen (secondary N) is 1. The van der Waals surface area contributed by atoms with E-state index in [1.807, 2.05) is 0 Å². The van der Waals surface area contributed by atoms with E-state index in [4.69, 9.17) is 5.11 Å². The zero-order valence-corrected chi connectivity index (χ0v) is 12.7. The van der Waals surface area contributed by atoms with Crippen molar-refractivity contribution >= 4 is 17.3 Å². The second-order valence-electron chi connectivity index (χ2n) is 6.56. The van der Waals surface area contributed by atoms with Crippen LogP contribution in [0.3, 0.4) is 0 Å². The maximum absolute atomic E-state index is 14.1. The van der Waals surface area contributed by atoms with Crippen LogP contribution in [0.5, 0.6) is 0 Å². The number of halogens is 1. The fraction of sp³-hybridized carbons (Fsp3) is 0.316. The van der Waals surface area contributed by atoms with E-state index in [0.29, 0.717) is 17.5 Å². The number of hydrogen-bond acceptors (Lipinski definition) is 2. The summed E-state index contributed by atoms with van der Waals surface area (Å²) in [5, 5.41) is 12.0. The summed E-state index contributed by atoms with van der Waals surface area (Å²) < 4.78 is 14.1. The first-order chi connectivity index (χ1) is 11.1. The Balaban J connectivity index is 1.64. The molecule has 0 bridgehead atoms. The highest BCUT2D eigenvalue weighted by atomic mass is 19.1. The van der Waals surface area contributed by atoms with Crippen molar-refractivity contribution in [2.45, 2.75) is 37.5 Å². The lowest BCUT2D eigenvalue weighted by Gasteiger charge is -2.12. The Hall–Kier alpha value is -2.36. The van der Waals surface area contributed by atoms with Crippen molar-refractivity contribution in [1.82, 2.24) is 0 Å². The van der Waals surface area contributed by atoms with Crippen molar-refractivity contribution in [2.75, 3.05) is 5.32 Å². The van der Waals surface area contributed by atoms with Gasteiger partial charge in [-0.2, -0.15) is 0 Å². The molecule has 2 aromatic carbocycles. The van der Waals surface area contributed by atoms with Crippen molar-refractivity contribution in [2.24, 2.45) is 0 Å². The smallest absolute Gasteiger partial charge is 0.335 e. The normalized spacial score (nSPS) is 17.1. The van der Waals surface area contributed by atoms with Crippen molar-refractivity contribution in [1.29, 1.82) is 0 Å². The van der Waals surface area contributed by atoms with Crippen LogP contribution >= 0.6 is 0 Å². The maximum Gasteiger partial charge on any atom is 0.335 e. The summed E-state index contributed by atoms with van der Waals surface area (Å²) >= 11 is 0. The molecule has 4 rings (SSSR count). The first kappa shape index (κ1) is 14.2. The zero-order chi connectivity index (χ0) is 16.0. The first-order valence-electron chi connectivity index (χ1n) is 8.05. The van der Waals surface area contributed by atoms with E-state index in [1.54, 1.807) is 0 Å². The standard InChI is InChI=1S/C19H18FNO2/c20-17-10-13(19(22)23)5-6-18(17)21-16-8-14(11-1-2-11)7-15(9-16)12-3-4-12/h5-12,21H,1-4H2,(H,22,23). The van der Waals surface area contributed by atoms with Crippen LogP contribution in [0, 0.1) is 5.82 Å². The van der Waals surface area contributed by atoms with Crippen LogP contribution in [-0.4, -0.2) is 11.1 Å². The number of anilines is 2. The van der Waals surface area contributed by atoms with E-state index >= 15 is 0 Å². The lowest BCUT2D eigenvalue weighted by Crippen LogP contribution is -2.00. The lowest BCUT2D eigenvalue weighted by atomic mass is 10.0. The van der Waals surface area contributed by atoms with Gasteiger partial charge in [-0.15, -0.1) is 0 Å². The maximum atomic E-state index is 14.1. The molecule has 0 atom stereocenters. The third-order valence-corrected chi connectivity index (χ3v) is 4.57. The first-order valence-corrected chi connectivity index (χ1v) is 8.05. The van der Waals surface area contributed by atoms with Crippen LogP contribution in [0.2, 0.25) is 0 Å². The van der Waals surface area contributed by atoms with Crippen molar-refractivity contribution in [3.05, 3.63) is 58.9 Å². The fourth-order valence-electron chi connectivity index (χ4n) is 2.96. The Morgan fingerprint density at radius 1 is 1.00 bits per heavy atom. The van der Waals surface area contributed by atoms with Crippen molar-refractivity contribution < 1.29 is 14.3 Å². The molecule has 0 radical (unpaired) electrons. The molecule has 0 amide bonds. The minimum atomic E-state index is -1.12. The van der Waals surface area contributed by atoms with Crippen LogP contribution in [0.1, 0.15) is 59.0 Å². The molecule has 118 valence electrons. The van der Waals surface area contributed by atoms with Gasteiger partial charge in [0, 0.05) is 5.69 Å². The number of hydrogen-bond donors (Lipinski definition) is 2. The molecule has 0 unspecified atom stereocenters. The molecule has 23 heavy (non-hydrogen) atoms. The average Bonchev–Trinajstić information content (AvgIpc) is 3.40. The molecular formula is C19H18FNO2. The minimum Gasteiger partial charge on any atom is -0.478 e. The third kappa shape index (κ3) is 3.07. The van der Waals surface area contributed by atoms with Gasteiger partial charge >= 0.3 is 5.97 Å². The number of benzene rings is 2. The number of carboxylic acid groups (broad SMARTS) is 1. The molecule has 0 saturated heterocycles. The quantitative estimate of drug-likeness (QED) is 0.815. The molecule has 0 heterocycles. The largest absolute Gasteiger partial charge is 0.478 e. The van der Waals surface area contributed by atoms with Gasteiger partial charge < -0.3 is 10.4 Å². The van der Waals surface area contributed by atoms with Gasteiger partial charge in [0.15, 0.2) is 0 Å². The SMILES string of the molecule is O=C(O)c1ccc(Nc2cc(C3CC3)cc(C3CC3)c2)c(F)c1. The fourth-order valence-corrected chi connectivity index (χ4v) is 2.96. The highest BCUT2D eigenvalue weighted by molar-refractivity contribution is 5.88. The topological polar surface area (TPSA) is 49.3 Å². The summed E-state index contributed by atoms with van der Waals surface area (Å²) in [7, 11) is 0. The number of aromatic carboxylic acids is 1. The summed E-state index contributed by atoms with van der Waals surface area (Å²) in [6.45, 7) is 0. The van der Waals surface area contributed by atoms with Gasteiger partial charge in [0.25, 0.3) is 0 Å². The molecule has 3 nitrogen and oxygen atoms in total. The summed E-state index contributed by atoms with van der Waals surface area (Å²) in [5.74, 6) is -0.376. The summed E-state index contributed by atoms with van der Waals surface area (Å²) in [5.41, 5.74) is 3.82. The predicted octanol–water partition coefficient (Wildman–Crippen LogP) is 5.02. The Morgan fingerprint density at radius 2 is 1.61 bits per heavy atom. The van der Waals surface area contributed by atoms with Gasteiger partial charge in [-0.3, -0.25) is 0 Å². The zero-order valence-electron chi connectivity index (χ0n) is 12.7. The Morgan fingerprint density at radius 3 is 2.09 bits per heavy atom. The van der Waals surface area contributed by atoms with E-state index in [0.717, 1.165) is 11.8 Å². The van der Waals surface area contributed by atoms with E-state index in [-0.39, 0.29) is 5.56 Å². The Bertz CT molecular complexity index is 749. The van der Waals surface area contributed by atoms with Gasteiger partial charge in [0.1, 0.15) is 5.82 Å². The average molecular weight is 311 g/mol. The van der Waals surface area contributed by atoms with Crippen LogP contribution in [-0.2, 0) is 0 Å². The highest BCUT2D eigenvalue weighted by Crippen LogP contribution is 2.46. The van der Waals surface area contributed by atoms with Crippen molar-refractivity contribution in [3.8, 4) is 0 Å². The highest BCUT2D eigenvalue weighted by Gasteiger charge is 2.28. The molecule has 0 aromatic heterocycles. The summed E-state index contributed by atoms with van der Waals surface area (Å²) in [6.07, 6.45) is 4.93.